The van der Waals surface area contributed by atoms with Gasteiger partial charge in [-0.1, -0.05) is 18.2 Å². The Labute approximate surface area is 178 Å². The number of aryl methyl sites for hydroxylation is 1. The number of hydrogen-bond donors (Lipinski definition) is 0. The summed E-state index contributed by atoms with van der Waals surface area (Å²) in [6, 6.07) is 11.6. The molecule has 1 fully saturated rings. The lowest BCUT2D eigenvalue weighted by Gasteiger charge is -2.35. The Bertz CT molecular complexity index is 863. The van der Waals surface area contributed by atoms with Gasteiger partial charge in [-0.25, -0.2) is 0 Å². The van der Waals surface area contributed by atoms with Crippen molar-refractivity contribution in [1.29, 1.82) is 0 Å². The summed E-state index contributed by atoms with van der Waals surface area (Å²) in [4.78, 5) is 16.7. The molecule has 30 heavy (non-hydrogen) atoms. The Hall–Kier alpha value is -2.93. The molecule has 0 radical (unpaired) electrons. The highest BCUT2D eigenvalue weighted by molar-refractivity contribution is 5.77. The largest absolute Gasteiger partial charge is 0.493 e. The molecule has 0 aromatic heterocycles. The highest BCUT2D eigenvalue weighted by atomic mass is 16.5. The Morgan fingerprint density at radius 3 is 2.30 bits per heavy atom. The second kappa shape index (κ2) is 10.2. The average molecular weight is 415 g/mol. The zero-order valence-corrected chi connectivity index (χ0v) is 18.1. The summed E-state index contributed by atoms with van der Waals surface area (Å²) < 4.78 is 22.1. The molecule has 3 rings (SSSR count). The molecule has 1 heterocycles. The van der Waals surface area contributed by atoms with Crippen molar-refractivity contribution in [3.8, 4) is 23.0 Å². The second-order valence-electron chi connectivity index (χ2n) is 7.26. The molecule has 2 aromatic carbocycles. The molecule has 162 valence electrons. The minimum atomic E-state index is 0.0138. The number of carbonyl (C=O) groups excluding carboxylic acids is 1. The van der Waals surface area contributed by atoms with Gasteiger partial charge < -0.3 is 23.8 Å². The average Bonchev–Trinajstić information content (AvgIpc) is 2.77. The van der Waals surface area contributed by atoms with Gasteiger partial charge in [-0.05, 0) is 30.7 Å². The van der Waals surface area contributed by atoms with Crippen LogP contribution in [0.25, 0.3) is 0 Å². The first-order valence-corrected chi connectivity index (χ1v) is 10.0. The first-order chi connectivity index (χ1) is 14.5. The van der Waals surface area contributed by atoms with Crippen LogP contribution in [0.5, 0.6) is 23.0 Å². The zero-order valence-electron chi connectivity index (χ0n) is 18.1. The number of ether oxygens (including phenoxy) is 4. The first kappa shape index (κ1) is 21.8. The van der Waals surface area contributed by atoms with Gasteiger partial charge in [-0.2, -0.15) is 0 Å². The van der Waals surface area contributed by atoms with Crippen LogP contribution in [0.15, 0.2) is 36.4 Å². The Kier molecular flexibility index (Phi) is 7.41. The van der Waals surface area contributed by atoms with Gasteiger partial charge in [0.15, 0.2) is 18.1 Å². The molecule has 1 saturated heterocycles. The molecule has 1 aliphatic rings. The molecule has 7 heteroatoms. The summed E-state index contributed by atoms with van der Waals surface area (Å²) in [7, 11) is 4.84. The quantitative estimate of drug-likeness (QED) is 0.662. The smallest absolute Gasteiger partial charge is 0.260 e. The molecule has 2 aromatic rings. The minimum absolute atomic E-state index is 0.0138. The van der Waals surface area contributed by atoms with E-state index in [0.29, 0.717) is 36.9 Å². The van der Waals surface area contributed by atoms with Crippen molar-refractivity contribution < 1.29 is 23.7 Å². The normalized spacial score (nSPS) is 14.3. The number of amides is 1. The first-order valence-electron chi connectivity index (χ1n) is 10.0. The zero-order chi connectivity index (χ0) is 21.5. The van der Waals surface area contributed by atoms with Crippen LogP contribution in [0.3, 0.4) is 0 Å². The van der Waals surface area contributed by atoms with Crippen molar-refractivity contribution in [3.05, 3.63) is 47.5 Å². The van der Waals surface area contributed by atoms with Gasteiger partial charge >= 0.3 is 0 Å². The van der Waals surface area contributed by atoms with Crippen LogP contribution in [-0.2, 0) is 11.3 Å². The van der Waals surface area contributed by atoms with E-state index >= 15 is 0 Å². The van der Waals surface area contributed by atoms with Crippen molar-refractivity contribution in [2.75, 3.05) is 54.1 Å². The number of nitrogens with zero attached hydrogens (tertiary/aromatic N) is 2. The Morgan fingerprint density at radius 1 is 0.933 bits per heavy atom. The maximum Gasteiger partial charge on any atom is 0.260 e. The number of rotatable bonds is 8. The van der Waals surface area contributed by atoms with Crippen molar-refractivity contribution >= 4 is 5.91 Å². The van der Waals surface area contributed by atoms with E-state index in [1.807, 2.05) is 48.2 Å². The standard InChI is InChI=1S/C23H30N2O5/c1-17-6-5-7-19(14-17)30-16-21(26)25-12-10-24(11-13-25)15-18-8-9-20(27-2)23(29-4)22(18)28-3/h5-9,14H,10-13,15-16H2,1-4H3. The van der Waals surface area contributed by atoms with Crippen molar-refractivity contribution in [2.45, 2.75) is 13.5 Å². The maximum absolute atomic E-state index is 12.5. The molecule has 0 atom stereocenters. The third-order valence-corrected chi connectivity index (χ3v) is 5.26. The van der Waals surface area contributed by atoms with E-state index in [4.69, 9.17) is 18.9 Å². The Morgan fingerprint density at radius 2 is 1.67 bits per heavy atom. The molecule has 0 aliphatic carbocycles. The molecule has 0 unspecified atom stereocenters. The van der Waals surface area contributed by atoms with Gasteiger partial charge in [0.25, 0.3) is 5.91 Å². The van der Waals surface area contributed by atoms with Gasteiger partial charge in [0, 0.05) is 38.3 Å². The minimum Gasteiger partial charge on any atom is -0.493 e. The number of hydrogen-bond acceptors (Lipinski definition) is 6. The van der Waals surface area contributed by atoms with Crippen LogP contribution in [0.2, 0.25) is 0 Å². The fraction of sp³-hybridized carbons (Fsp3) is 0.435. The molecular formula is C23H30N2O5. The number of carbonyl (C=O) groups is 1. The molecule has 0 spiro atoms. The predicted octanol–water partition coefficient (Wildman–Crippen LogP) is 2.74. The molecule has 0 bridgehead atoms. The number of benzene rings is 2. The highest BCUT2D eigenvalue weighted by Crippen LogP contribution is 2.40. The number of methoxy groups -OCH3 is 3. The molecule has 1 aliphatic heterocycles. The van der Waals surface area contributed by atoms with Crippen molar-refractivity contribution in [3.63, 3.8) is 0 Å². The van der Waals surface area contributed by atoms with Crippen LogP contribution in [0, 0.1) is 6.92 Å². The predicted molar refractivity (Wildman–Crippen MR) is 115 cm³/mol. The van der Waals surface area contributed by atoms with Crippen LogP contribution >= 0.6 is 0 Å². The summed E-state index contributed by atoms with van der Waals surface area (Å²) in [6.45, 7) is 5.69. The van der Waals surface area contributed by atoms with E-state index < -0.39 is 0 Å². The van der Waals surface area contributed by atoms with Gasteiger partial charge in [-0.3, -0.25) is 9.69 Å². The van der Waals surface area contributed by atoms with Gasteiger partial charge in [0.1, 0.15) is 5.75 Å². The fourth-order valence-electron chi connectivity index (χ4n) is 3.63. The topological polar surface area (TPSA) is 60.5 Å². The van der Waals surface area contributed by atoms with E-state index in [1.54, 1.807) is 21.3 Å². The highest BCUT2D eigenvalue weighted by Gasteiger charge is 2.23. The van der Waals surface area contributed by atoms with Crippen LogP contribution < -0.4 is 18.9 Å². The van der Waals surface area contributed by atoms with E-state index in [1.165, 1.54) is 0 Å². The second-order valence-corrected chi connectivity index (χ2v) is 7.26. The van der Waals surface area contributed by atoms with E-state index in [0.717, 1.165) is 30.0 Å². The van der Waals surface area contributed by atoms with E-state index in [-0.39, 0.29) is 12.5 Å². The van der Waals surface area contributed by atoms with Crippen LogP contribution in [0.1, 0.15) is 11.1 Å². The van der Waals surface area contributed by atoms with Crippen LogP contribution in [-0.4, -0.2) is 69.8 Å². The molecule has 0 saturated carbocycles. The summed E-state index contributed by atoms with van der Waals surface area (Å²) in [5.41, 5.74) is 2.14. The van der Waals surface area contributed by atoms with Gasteiger partial charge in [0.05, 0.1) is 21.3 Å². The SMILES string of the molecule is COc1ccc(CN2CCN(C(=O)COc3cccc(C)c3)CC2)c(OC)c1OC. The molecule has 0 N–H and O–H groups in total. The Balaban J connectivity index is 1.54. The summed E-state index contributed by atoms with van der Waals surface area (Å²) in [5.74, 6) is 2.66. The summed E-state index contributed by atoms with van der Waals surface area (Å²) >= 11 is 0. The van der Waals surface area contributed by atoms with Crippen LogP contribution in [0.4, 0.5) is 0 Å². The summed E-state index contributed by atoms with van der Waals surface area (Å²) in [6.07, 6.45) is 0. The van der Waals surface area contributed by atoms with Crippen molar-refractivity contribution in [2.24, 2.45) is 0 Å². The molecule has 7 nitrogen and oxygen atoms in total. The number of piperazine rings is 1. The van der Waals surface area contributed by atoms with E-state index in [9.17, 15) is 4.79 Å². The lowest BCUT2D eigenvalue weighted by Crippen LogP contribution is -2.49. The third-order valence-electron chi connectivity index (χ3n) is 5.26. The van der Waals surface area contributed by atoms with E-state index in [2.05, 4.69) is 4.90 Å². The van der Waals surface area contributed by atoms with Gasteiger partial charge in [0.2, 0.25) is 5.75 Å². The maximum atomic E-state index is 12.5. The lowest BCUT2D eigenvalue weighted by atomic mass is 10.1. The summed E-state index contributed by atoms with van der Waals surface area (Å²) in [5, 5.41) is 0. The van der Waals surface area contributed by atoms with Gasteiger partial charge in [-0.15, -0.1) is 0 Å². The molecule has 1 amide bonds. The lowest BCUT2D eigenvalue weighted by molar-refractivity contribution is -0.135. The monoisotopic (exact) mass is 414 g/mol. The van der Waals surface area contributed by atoms with Crippen molar-refractivity contribution in [1.82, 2.24) is 9.80 Å². The molecular weight excluding hydrogens is 384 g/mol. The fourth-order valence-corrected chi connectivity index (χ4v) is 3.63. The third kappa shape index (κ3) is 5.16.